The molecule has 30 heavy (non-hydrogen) atoms. The molecule has 0 saturated carbocycles. The van der Waals surface area contributed by atoms with Crippen LogP contribution < -0.4 is 10.2 Å². The number of anilines is 2. The summed E-state index contributed by atoms with van der Waals surface area (Å²) in [6.45, 7) is 5.40. The van der Waals surface area contributed by atoms with Crippen molar-refractivity contribution >= 4 is 35.1 Å². The first-order valence-electron chi connectivity index (χ1n) is 10.3. The predicted octanol–water partition coefficient (Wildman–Crippen LogP) is 5.05. The summed E-state index contributed by atoms with van der Waals surface area (Å²) in [5, 5.41) is 2.97. The summed E-state index contributed by atoms with van der Waals surface area (Å²) in [5.41, 5.74) is 2.73. The molecule has 158 valence electrons. The molecule has 1 N–H and O–H groups in total. The monoisotopic (exact) mass is 427 g/mol. The Hall–Kier alpha value is -2.54. The van der Waals surface area contributed by atoms with Gasteiger partial charge < -0.3 is 10.2 Å². The number of rotatable bonds is 3. The highest BCUT2D eigenvalue weighted by atomic mass is 32.2. The Morgan fingerprint density at radius 3 is 2.30 bits per heavy atom. The first-order valence-corrected chi connectivity index (χ1v) is 11.2. The van der Waals surface area contributed by atoms with E-state index in [1.807, 2.05) is 24.3 Å². The van der Waals surface area contributed by atoms with Crippen molar-refractivity contribution in [3.8, 4) is 0 Å². The molecular formula is C23H26FN3O2S. The van der Waals surface area contributed by atoms with Crippen LogP contribution in [0.5, 0.6) is 0 Å². The van der Waals surface area contributed by atoms with Crippen LogP contribution in [0.2, 0.25) is 0 Å². The molecule has 0 bridgehead atoms. The van der Waals surface area contributed by atoms with E-state index in [9.17, 15) is 14.0 Å². The number of amides is 3. The van der Waals surface area contributed by atoms with Gasteiger partial charge in [0.2, 0.25) is 5.91 Å². The number of hydrogen-bond acceptors (Lipinski definition) is 3. The maximum atomic E-state index is 13.3. The number of urea groups is 1. The third kappa shape index (κ3) is 4.03. The van der Waals surface area contributed by atoms with Crippen LogP contribution in [0.3, 0.4) is 0 Å². The zero-order valence-corrected chi connectivity index (χ0v) is 18.0. The lowest BCUT2D eigenvalue weighted by Crippen LogP contribution is -2.53. The van der Waals surface area contributed by atoms with E-state index in [2.05, 4.69) is 19.2 Å². The molecule has 0 unspecified atom stereocenters. The fourth-order valence-electron chi connectivity index (χ4n) is 4.10. The number of piperidine rings is 1. The molecule has 2 heterocycles. The lowest BCUT2D eigenvalue weighted by molar-refractivity contribution is -0.116. The Morgan fingerprint density at radius 2 is 1.70 bits per heavy atom. The maximum absolute atomic E-state index is 13.3. The Balaban J connectivity index is 1.41. The van der Waals surface area contributed by atoms with Gasteiger partial charge in [-0.1, -0.05) is 26.0 Å². The molecule has 2 aromatic rings. The van der Waals surface area contributed by atoms with E-state index < -0.39 is 0 Å². The van der Waals surface area contributed by atoms with Gasteiger partial charge in [-0.25, -0.2) is 9.18 Å². The molecule has 0 radical (unpaired) electrons. The van der Waals surface area contributed by atoms with E-state index in [4.69, 9.17) is 0 Å². The van der Waals surface area contributed by atoms with Gasteiger partial charge in [-0.3, -0.25) is 9.69 Å². The van der Waals surface area contributed by atoms with Gasteiger partial charge in [0.25, 0.3) is 0 Å². The molecule has 0 aromatic heterocycles. The molecule has 0 aliphatic carbocycles. The molecule has 5 nitrogen and oxygen atoms in total. The number of nitrogens with one attached hydrogen (secondary N) is 1. The smallest absolute Gasteiger partial charge is 0.321 e. The average molecular weight is 428 g/mol. The molecule has 2 aromatic carbocycles. The van der Waals surface area contributed by atoms with Crippen molar-refractivity contribution in [2.45, 2.75) is 37.5 Å². The normalized spacial score (nSPS) is 18.3. The minimum absolute atomic E-state index is 0.0368. The fourth-order valence-corrected chi connectivity index (χ4v) is 5.43. The number of nitrogens with zero attached hydrogens (tertiary/aromatic N) is 2. The van der Waals surface area contributed by atoms with E-state index in [1.54, 1.807) is 33.7 Å². The molecule has 1 spiro atoms. The van der Waals surface area contributed by atoms with Gasteiger partial charge in [-0.2, -0.15) is 0 Å². The lowest BCUT2D eigenvalue weighted by atomic mass is 10.0. The molecule has 2 aliphatic rings. The Kier molecular flexibility index (Phi) is 5.73. The predicted molar refractivity (Wildman–Crippen MR) is 119 cm³/mol. The van der Waals surface area contributed by atoms with E-state index in [-0.39, 0.29) is 22.6 Å². The minimum Gasteiger partial charge on any atom is -0.324 e. The first kappa shape index (κ1) is 20.7. The highest BCUT2D eigenvalue weighted by molar-refractivity contribution is 8.02. The molecule has 2 fully saturated rings. The Bertz CT molecular complexity index is 922. The van der Waals surface area contributed by atoms with Crippen LogP contribution in [0.15, 0.2) is 48.5 Å². The fraction of sp³-hybridized carbons (Fsp3) is 0.391. The summed E-state index contributed by atoms with van der Waals surface area (Å²) in [6.07, 6.45) is 1.36. The zero-order valence-electron chi connectivity index (χ0n) is 17.2. The van der Waals surface area contributed by atoms with Gasteiger partial charge >= 0.3 is 6.03 Å². The molecule has 2 aliphatic heterocycles. The summed E-state index contributed by atoms with van der Waals surface area (Å²) in [6, 6.07) is 13.9. The van der Waals surface area contributed by atoms with Crippen molar-refractivity contribution in [2.75, 3.05) is 29.1 Å². The van der Waals surface area contributed by atoms with Crippen LogP contribution in [0.25, 0.3) is 0 Å². The minimum atomic E-state index is -0.370. The lowest BCUT2D eigenvalue weighted by Gasteiger charge is -2.43. The molecule has 2 saturated heterocycles. The van der Waals surface area contributed by atoms with Crippen molar-refractivity contribution in [2.24, 2.45) is 0 Å². The molecule has 4 rings (SSSR count). The van der Waals surface area contributed by atoms with Gasteiger partial charge in [0.1, 0.15) is 5.82 Å². The zero-order chi connectivity index (χ0) is 21.3. The summed E-state index contributed by atoms with van der Waals surface area (Å²) in [5.74, 6) is 0.574. The summed E-state index contributed by atoms with van der Waals surface area (Å²) in [4.78, 5) is 28.5. The number of likely N-dealkylation sites (tertiary alicyclic amines) is 1. The average Bonchev–Trinajstić information content (AvgIpc) is 3.05. The van der Waals surface area contributed by atoms with E-state index in [0.717, 1.165) is 11.4 Å². The molecule has 7 heteroatoms. The first-order chi connectivity index (χ1) is 14.4. The number of thioether (sulfide) groups is 1. The standard InChI is InChI=1S/C23H26FN3O2S/c1-16(2)17-3-7-19(8-4-17)25-22(29)26-13-11-23(12-14-26)27(21(28)15-30-23)20-9-5-18(24)6-10-20/h3-10,16H,11-15H2,1-2H3,(H,25,29). The summed E-state index contributed by atoms with van der Waals surface area (Å²) >= 11 is 1.63. The Labute approximate surface area is 180 Å². The number of hydrogen-bond donors (Lipinski definition) is 1. The van der Waals surface area contributed by atoms with Crippen LogP contribution in [0.4, 0.5) is 20.6 Å². The second-order valence-corrected chi connectivity index (χ2v) is 9.47. The van der Waals surface area contributed by atoms with Crippen molar-refractivity contribution in [3.63, 3.8) is 0 Å². The topological polar surface area (TPSA) is 52.7 Å². The second kappa shape index (κ2) is 8.30. The van der Waals surface area contributed by atoms with Crippen LogP contribution in [0, 0.1) is 5.82 Å². The highest BCUT2D eigenvalue weighted by Gasteiger charge is 2.49. The van der Waals surface area contributed by atoms with Crippen LogP contribution in [-0.4, -0.2) is 40.6 Å². The Morgan fingerprint density at radius 1 is 1.07 bits per heavy atom. The van der Waals surface area contributed by atoms with Crippen LogP contribution in [-0.2, 0) is 4.79 Å². The highest BCUT2D eigenvalue weighted by Crippen LogP contribution is 2.46. The van der Waals surface area contributed by atoms with Gasteiger partial charge in [0, 0.05) is 24.5 Å². The van der Waals surface area contributed by atoms with Crippen molar-refractivity contribution in [1.82, 2.24) is 4.90 Å². The van der Waals surface area contributed by atoms with Gasteiger partial charge in [0.05, 0.1) is 10.6 Å². The van der Waals surface area contributed by atoms with Gasteiger partial charge in [-0.05, 0) is 60.7 Å². The SMILES string of the molecule is CC(C)c1ccc(NC(=O)N2CCC3(CC2)SCC(=O)N3c2ccc(F)cc2)cc1. The third-order valence-electron chi connectivity index (χ3n) is 5.87. The van der Waals surface area contributed by atoms with E-state index >= 15 is 0 Å². The largest absolute Gasteiger partial charge is 0.324 e. The van der Waals surface area contributed by atoms with E-state index in [1.165, 1.54) is 17.7 Å². The summed E-state index contributed by atoms with van der Waals surface area (Å²) in [7, 11) is 0. The van der Waals surface area contributed by atoms with Gasteiger partial charge in [0.15, 0.2) is 0 Å². The summed E-state index contributed by atoms with van der Waals surface area (Å²) < 4.78 is 13.3. The van der Waals surface area contributed by atoms with Crippen LogP contribution in [0.1, 0.15) is 38.2 Å². The number of benzene rings is 2. The number of carbonyl (C=O) groups excluding carboxylic acids is 2. The molecule has 0 atom stereocenters. The quantitative estimate of drug-likeness (QED) is 0.746. The van der Waals surface area contributed by atoms with Crippen LogP contribution >= 0.6 is 11.8 Å². The van der Waals surface area contributed by atoms with Crippen molar-refractivity contribution in [1.29, 1.82) is 0 Å². The van der Waals surface area contributed by atoms with Crippen molar-refractivity contribution < 1.29 is 14.0 Å². The number of halogens is 1. The molecule has 3 amide bonds. The third-order valence-corrected chi connectivity index (χ3v) is 7.39. The van der Waals surface area contributed by atoms with Crippen molar-refractivity contribution in [3.05, 3.63) is 59.9 Å². The maximum Gasteiger partial charge on any atom is 0.321 e. The molecular weight excluding hydrogens is 401 g/mol. The van der Waals surface area contributed by atoms with Gasteiger partial charge in [-0.15, -0.1) is 11.8 Å². The second-order valence-electron chi connectivity index (χ2n) is 8.13. The number of carbonyl (C=O) groups is 2. The van der Waals surface area contributed by atoms with E-state index in [0.29, 0.717) is 37.6 Å².